The van der Waals surface area contributed by atoms with Crippen LogP contribution in [0.2, 0.25) is 0 Å². The SMILES string of the molecule is CC(C)C1C(=O)NCCN1S(=O)(=O)c1ccc2[nH]c(=O)oc2c1. The number of oxazole rings is 1. The highest BCUT2D eigenvalue weighted by Crippen LogP contribution is 2.25. The van der Waals surface area contributed by atoms with Crippen LogP contribution in [0.1, 0.15) is 13.8 Å². The van der Waals surface area contributed by atoms with E-state index in [0.29, 0.717) is 5.52 Å². The van der Waals surface area contributed by atoms with E-state index in [0.717, 1.165) is 0 Å². The molecule has 1 amide bonds. The fraction of sp³-hybridized carbons (Fsp3) is 0.429. The maximum Gasteiger partial charge on any atom is 0.417 e. The van der Waals surface area contributed by atoms with Gasteiger partial charge < -0.3 is 9.73 Å². The standard InChI is InChI=1S/C14H17N3O5S/c1-8(2)12-13(18)15-5-6-17(12)23(20,21)9-3-4-10-11(7-9)22-14(19)16-10/h3-4,7-8,12H,5-6H2,1-2H3,(H,15,18)(H,16,19). The molecule has 2 heterocycles. The molecule has 1 aromatic heterocycles. The number of nitrogens with zero attached hydrogens (tertiary/aromatic N) is 1. The summed E-state index contributed by atoms with van der Waals surface area (Å²) in [6.07, 6.45) is 0. The number of H-pyrrole nitrogens is 1. The molecular formula is C14H17N3O5S. The Balaban J connectivity index is 2.07. The van der Waals surface area contributed by atoms with Gasteiger partial charge in [0, 0.05) is 19.2 Å². The molecule has 8 nitrogen and oxygen atoms in total. The molecule has 1 unspecified atom stereocenters. The zero-order valence-corrected chi connectivity index (χ0v) is 13.5. The van der Waals surface area contributed by atoms with Crippen molar-refractivity contribution >= 4 is 27.0 Å². The van der Waals surface area contributed by atoms with E-state index in [4.69, 9.17) is 4.42 Å². The topological polar surface area (TPSA) is 112 Å². The van der Waals surface area contributed by atoms with Gasteiger partial charge in [0.25, 0.3) is 0 Å². The van der Waals surface area contributed by atoms with E-state index in [1.54, 1.807) is 13.8 Å². The molecule has 0 radical (unpaired) electrons. The first-order valence-corrected chi connectivity index (χ1v) is 8.67. The van der Waals surface area contributed by atoms with Gasteiger partial charge in [-0.3, -0.25) is 9.78 Å². The van der Waals surface area contributed by atoms with Crippen LogP contribution in [0, 0.1) is 5.92 Å². The van der Waals surface area contributed by atoms with Crippen LogP contribution >= 0.6 is 0 Å². The van der Waals surface area contributed by atoms with Crippen molar-refractivity contribution in [1.82, 2.24) is 14.6 Å². The number of fused-ring (bicyclic) bond motifs is 1. The molecule has 3 rings (SSSR count). The lowest BCUT2D eigenvalue weighted by Crippen LogP contribution is -2.58. The molecule has 9 heteroatoms. The lowest BCUT2D eigenvalue weighted by Gasteiger charge is -2.36. The molecule has 1 aliphatic rings. The number of rotatable bonds is 3. The van der Waals surface area contributed by atoms with Crippen molar-refractivity contribution in [3.63, 3.8) is 0 Å². The highest BCUT2D eigenvalue weighted by Gasteiger charge is 2.40. The molecule has 2 N–H and O–H groups in total. The predicted octanol–water partition coefficient (Wildman–Crippen LogP) is 0.266. The Kier molecular flexibility index (Phi) is 3.77. The Morgan fingerprint density at radius 2 is 2.04 bits per heavy atom. The van der Waals surface area contributed by atoms with E-state index >= 15 is 0 Å². The molecule has 1 aromatic carbocycles. The Bertz CT molecular complexity index is 912. The number of carbonyl (C=O) groups excluding carboxylic acids is 1. The molecule has 2 aromatic rings. The summed E-state index contributed by atoms with van der Waals surface area (Å²) in [6.45, 7) is 4.06. The van der Waals surface area contributed by atoms with Gasteiger partial charge in [0.2, 0.25) is 15.9 Å². The summed E-state index contributed by atoms with van der Waals surface area (Å²) >= 11 is 0. The molecule has 1 fully saturated rings. The van der Waals surface area contributed by atoms with Gasteiger partial charge in [0.1, 0.15) is 6.04 Å². The molecule has 1 saturated heterocycles. The molecule has 0 saturated carbocycles. The van der Waals surface area contributed by atoms with Crippen LogP contribution in [-0.4, -0.2) is 42.7 Å². The Morgan fingerprint density at radius 1 is 1.30 bits per heavy atom. The first kappa shape index (κ1) is 15.8. The molecule has 23 heavy (non-hydrogen) atoms. The third-order valence-corrected chi connectivity index (χ3v) is 5.72. The number of nitrogens with one attached hydrogen (secondary N) is 2. The maximum absolute atomic E-state index is 12.9. The van der Waals surface area contributed by atoms with Gasteiger partial charge in [0.15, 0.2) is 5.58 Å². The van der Waals surface area contributed by atoms with Gasteiger partial charge in [-0.1, -0.05) is 13.8 Å². The second kappa shape index (κ2) is 5.50. The number of sulfonamides is 1. The molecule has 1 aliphatic heterocycles. The average Bonchev–Trinajstić information content (AvgIpc) is 2.85. The maximum atomic E-state index is 12.9. The monoisotopic (exact) mass is 339 g/mol. The van der Waals surface area contributed by atoms with Crippen LogP contribution in [0.3, 0.4) is 0 Å². The summed E-state index contributed by atoms with van der Waals surface area (Å²) in [5.41, 5.74) is 0.587. The van der Waals surface area contributed by atoms with Crippen LogP contribution < -0.4 is 11.1 Å². The predicted molar refractivity (Wildman–Crippen MR) is 82.4 cm³/mol. The first-order chi connectivity index (χ1) is 10.8. The van der Waals surface area contributed by atoms with Crippen molar-refractivity contribution in [2.24, 2.45) is 5.92 Å². The quantitative estimate of drug-likeness (QED) is 0.833. The molecule has 1 atom stereocenters. The third-order valence-electron chi connectivity index (χ3n) is 3.84. The number of amides is 1. The number of hydrogen-bond donors (Lipinski definition) is 2. The Hall–Kier alpha value is -2.13. The summed E-state index contributed by atoms with van der Waals surface area (Å²) in [4.78, 5) is 25.7. The summed E-state index contributed by atoms with van der Waals surface area (Å²) in [5.74, 6) is -1.12. The van der Waals surface area contributed by atoms with Gasteiger partial charge in [-0.25, -0.2) is 13.2 Å². The van der Waals surface area contributed by atoms with E-state index in [2.05, 4.69) is 10.3 Å². The highest BCUT2D eigenvalue weighted by molar-refractivity contribution is 7.89. The van der Waals surface area contributed by atoms with Gasteiger partial charge >= 0.3 is 5.76 Å². The van der Waals surface area contributed by atoms with Gasteiger partial charge in [-0.15, -0.1) is 0 Å². The smallest absolute Gasteiger partial charge is 0.408 e. The molecule has 0 aliphatic carbocycles. The Morgan fingerprint density at radius 3 is 2.74 bits per heavy atom. The fourth-order valence-electron chi connectivity index (χ4n) is 2.79. The lowest BCUT2D eigenvalue weighted by molar-refractivity contribution is -0.128. The number of carbonyl (C=O) groups is 1. The first-order valence-electron chi connectivity index (χ1n) is 7.23. The molecule has 124 valence electrons. The van der Waals surface area contributed by atoms with E-state index < -0.39 is 21.8 Å². The summed E-state index contributed by atoms with van der Waals surface area (Å²) in [7, 11) is -3.87. The lowest BCUT2D eigenvalue weighted by atomic mass is 10.0. The van der Waals surface area contributed by atoms with Crippen LogP contribution in [0.4, 0.5) is 0 Å². The summed E-state index contributed by atoms with van der Waals surface area (Å²) < 4.78 is 32.0. The van der Waals surface area contributed by atoms with Crippen molar-refractivity contribution < 1.29 is 17.6 Å². The van der Waals surface area contributed by atoms with Crippen LogP contribution in [0.25, 0.3) is 11.1 Å². The minimum Gasteiger partial charge on any atom is -0.408 e. The number of aromatic amines is 1. The highest BCUT2D eigenvalue weighted by atomic mass is 32.2. The van der Waals surface area contributed by atoms with Crippen LogP contribution in [0.15, 0.2) is 32.3 Å². The van der Waals surface area contributed by atoms with E-state index in [9.17, 15) is 18.0 Å². The minimum atomic E-state index is -3.87. The normalized spacial score (nSPS) is 20.1. The van der Waals surface area contributed by atoms with Crippen LogP contribution in [0.5, 0.6) is 0 Å². The van der Waals surface area contributed by atoms with Crippen molar-refractivity contribution in [2.45, 2.75) is 24.8 Å². The zero-order chi connectivity index (χ0) is 16.8. The second-order valence-corrected chi connectivity index (χ2v) is 7.66. The van der Waals surface area contributed by atoms with E-state index in [1.165, 1.54) is 22.5 Å². The van der Waals surface area contributed by atoms with Crippen LogP contribution in [-0.2, 0) is 14.8 Å². The van der Waals surface area contributed by atoms with Gasteiger partial charge in [0.05, 0.1) is 10.4 Å². The number of aromatic nitrogens is 1. The molecule has 0 spiro atoms. The zero-order valence-electron chi connectivity index (χ0n) is 12.7. The second-order valence-electron chi connectivity index (χ2n) is 5.77. The fourth-order valence-corrected chi connectivity index (χ4v) is 4.53. The van der Waals surface area contributed by atoms with E-state index in [1.807, 2.05) is 0 Å². The summed E-state index contributed by atoms with van der Waals surface area (Å²) in [6, 6.07) is 3.41. The molecular weight excluding hydrogens is 322 g/mol. The number of benzene rings is 1. The third kappa shape index (κ3) is 2.66. The number of hydrogen-bond acceptors (Lipinski definition) is 5. The average molecular weight is 339 g/mol. The van der Waals surface area contributed by atoms with Gasteiger partial charge in [-0.05, 0) is 18.1 Å². The number of piperazine rings is 1. The summed E-state index contributed by atoms with van der Waals surface area (Å²) in [5, 5.41) is 2.69. The minimum absolute atomic E-state index is 0.00639. The van der Waals surface area contributed by atoms with Crippen molar-refractivity contribution in [2.75, 3.05) is 13.1 Å². The van der Waals surface area contributed by atoms with Gasteiger partial charge in [-0.2, -0.15) is 4.31 Å². The molecule has 0 bridgehead atoms. The van der Waals surface area contributed by atoms with Crippen molar-refractivity contribution in [3.05, 3.63) is 28.7 Å². The Labute approximate surface area is 132 Å². The largest absolute Gasteiger partial charge is 0.417 e. The van der Waals surface area contributed by atoms with E-state index in [-0.39, 0.29) is 35.4 Å². The van der Waals surface area contributed by atoms with Crippen molar-refractivity contribution in [3.8, 4) is 0 Å². The van der Waals surface area contributed by atoms with Crippen molar-refractivity contribution in [1.29, 1.82) is 0 Å².